The van der Waals surface area contributed by atoms with Crippen LogP contribution in [0.15, 0.2) is 58.4 Å². The first-order valence-electron chi connectivity index (χ1n) is 13.9. The quantitative estimate of drug-likeness (QED) is 0.318. The number of benzene rings is 2. The summed E-state index contributed by atoms with van der Waals surface area (Å²) in [6.45, 7) is 3.41. The van der Waals surface area contributed by atoms with E-state index in [1.54, 1.807) is 31.2 Å². The van der Waals surface area contributed by atoms with Gasteiger partial charge in [-0.05, 0) is 68.1 Å². The lowest BCUT2D eigenvalue weighted by Crippen LogP contribution is -2.38. The molecule has 0 spiro atoms. The van der Waals surface area contributed by atoms with Crippen LogP contribution in [-0.4, -0.2) is 65.1 Å². The molecule has 0 aliphatic carbocycles. The SMILES string of the molecule is CCOC(=O)c1ccc(N2C(=O)C3Sc4[nH]c(=O)sc4[C@H](c4ccc(OCC(=O)N5CCCCC5)cc4)C3C2=O)cc1. The number of esters is 1. The number of aromatic nitrogens is 1. The maximum Gasteiger partial charge on any atom is 0.338 e. The predicted molar refractivity (Wildman–Crippen MR) is 157 cm³/mol. The summed E-state index contributed by atoms with van der Waals surface area (Å²) in [6.07, 6.45) is 3.15. The van der Waals surface area contributed by atoms with Gasteiger partial charge in [0.25, 0.3) is 5.91 Å². The lowest BCUT2D eigenvalue weighted by Gasteiger charge is -2.30. The number of H-pyrrole nitrogens is 1. The van der Waals surface area contributed by atoms with Gasteiger partial charge in [0.15, 0.2) is 6.61 Å². The van der Waals surface area contributed by atoms with E-state index >= 15 is 0 Å². The normalized spacial score (nSPS) is 21.6. The van der Waals surface area contributed by atoms with E-state index in [4.69, 9.17) is 9.47 Å². The largest absolute Gasteiger partial charge is 0.484 e. The lowest BCUT2D eigenvalue weighted by molar-refractivity contribution is -0.134. The monoisotopic (exact) mass is 607 g/mol. The fourth-order valence-electron chi connectivity index (χ4n) is 5.74. The van der Waals surface area contributed by atoms with E-state index in [2.05, 4.69) is 4.98 Å². The molecule has 3 atom stereocenters. The van der Waals surface area contributed by atoms with Crippen LogP contribution in [0.1, 0.15) is 52.9 Å². The summed E-state index contributed by atoms with van der Waals surface area (Å²) in [4.78, 5) is 70.8. The van der Waals surface area contributed by atoms with Crippen LogP contribution >= 0.6 is 23.1 Å². The number of thiazole rings is 1. The van der Waals surface area contributed by atoms with E-state index in [-0.39, 0.29) is 35.8 Å². The highest BCUT2D eigenvalue weighted by atomic mass is 32.2. The van der Waals surface area contributed by atoms with Crippen LogP contribution in [0.3, 0.4) is 0 Å². The molecule has 3 amide bonds. The molecule has 0 bridgehead atoms. The molecule has 2 unspecified atom stereocenters. The highest BCUT2D eigenvalue weighted by Crippen LogP contribution is 2.53. The van der Waals surface area contributed by atoms with E-state index in [0.717, 1.165) is 49.3 Å². The van der Waals surface area contributed by atoms with Gasteiger partial charge in [0.05, 0.1) is 28.8 Å². The van der Waals surface area contributed by atoms with Crippen LogP contribution < -0.4 is 14.5 Å². The Balaban J connectivity index is 1.25. The molecule has 218 valence electrons. The maximum atomic E-state index is 13.9. The Kier molecular flexibility index (Phi) is 7.91. The minimum Gasteiger partial charge on any atom is -0.484 e. The van der Waals surface area contributed by atoms with E-state index < -0.39 is 23.1 Å². The molecule has 42 heavy (non-hydrogen) atoms. The Morgan fingerprint density at radius 3 is 2.36 bits per heavy atom. The molecule has 0 radical (unpaired) electrons. The average Bonchev–Trinajstić information content (AvgIpc) is 3.50. The molecule has 4 heterocycles. The molecule has 6 rings (SSSR count). The van der Waals surface area contributed by atoms with Crippen molar-refractivity contribution in [1.82, 2.24) is 9.88 Å². The number of fused-ring (bicyclic) bond motifs is 2. The number of hydrogen-bond donors (Lipinski definition) is 1. The molecule has 1 N–H and O–H groups in total. The van der Waals surface area contributed by atoms with Gasteiger partial charge in [-0.25, -0.2) is 9.69 Å². The molecular formula is C30H29N3O7S2. The number of carbonyl (C=O) groups excluding carboxylic acids is 4. The summed E-state index contributed by atoms with van der Waals surface area (Å²) < 4.78 is 10.8. The van der Waals surface area contributed by atoms with Gasteiger partial charge in [-0.15, -0.1) is 0 Å². The maximum absolute atomic E-state index is 13.9. The molecule has 1 aromatic heterocycles. The van der Waals surface area contributed by atoms with Crippen molar-refractivity contribution in [3.63, 3.8) is 0 Å². The van der Waals surface area contributed by atoms with Crippen molar-refractivity contribution in [3.8, 4) is 5.75 Å². The highest BCUT2D eigenvalue weighted by Gasteiger charge is 2.56. The first kappa shape index (κ1) is 28.2. The fourth-order valence-corrected chi connectivity index (χ4v) is 8.26. The van der Waals surface area contributed by atoms with Gasteiger partial charge in [-0.2, -0.15) is 0 Å². The third-order valence-electron chi connectivity index (χ3n) is 7.77. The Morgan fingerprint density at radius 1 is 0.952 bits per heavy atom. The Labute approximate surface area is 250 Å². The van der Waals surface area contributed by atoms with Crippen molar-refractivity contribution in [3.05, 3.63) is 74.2 Å². The lowest BCUT2D eigenvalue weighted by atomic mass is 9.83. The van der Waals surface area contributed by atoms with E-state index in [1.165, 1.54) is 28.8 Å². The number of carbonyl (C=O) groups is 4. The van der Waals surface area contributed by atoms with Crippen molar-refractivity contribution in [2.75, 3.05) is 31.2 Å². The summed E-state index contributed by atoms with van der Waals surface area (Å²) in [5.41, 5.74) is 1.45. The molecule has 3 aliphatic heterocycles. The number of nitrogens with one attached hydrogen (secondary N) is 1. The first-order valence-corrected chi connectivity index (χ1v) is 15.6. The molecule has 10 nitrogen and oxygen atoms in total. The number of piperidine rings is 1. The molecule has 2 saturated heterocycles. The van der Waals surface area contributed by atoms with Gasteiger partial charge in [-0.1, -0.05) is 35.2 Å². The summed E-state index contributed by atoms with van der Waals surface area (Å²) in [6, 6.07) is 13.3. The zero-order chi connectivity index (χ0) is 29.4. The summed E-state index contributed by atoms with van der Waals surface area (Å²) >= 11 is 2.24. The molecule has 12 heteroatoms. The number of imide groups is 1. The standard InChI is InChI=1S/C30H29N3O7S2/c1-2-39-29(37)18-6-10-19(11-7-18)33-27(35)23-22(24-26(31-30(38)42-24)41-25(23)28(33)36)17-8-12-20(13-9-17)40-16-21(34)32-14-4-3-5-15-32/h6-13,22-23,25H,2-5,14-16H2,1H3,(H,31,38)/t22-,23?,25?/m1/s1. The van der Waals surface area contributed by atoms with Crippen molar-refractivity contribution in [2.45, 2.75) is 42.4 Å². The fraction of sp³-hybridized carbons (Fsp3) is 0.367. The molecule has 2 aromatic carbocycles. The second-order valence-corrected chi connectivity index (χ2v) is 12.5. The number of rotatable bonds is 7. The van der Waals surface area contributed by atoms with Crippen molar-refractivity contribution >= 4 is 52.5 Å². The number of aromatic amines is 1. The summed E-state index contributed by atoms with van der Waals surface area (Å²) in [5.74, 6) is -2.02. The van der Waals surface area contributed by atoms with Crippen molar-refractivity contribution < 1.29 is 28.7 Å². The van der Waals surface area contributed by atoms with Gasteiger partial charge in [0.2, 0.25) is 11.8 Å². The number of hydrogen-bond acceptors (Lipinski definition) is 9. The van der Waals surface area contributed by atoms with Gasteiger partial charge < -0.3 is 19.4 Å². The summed E-state index contributed by atoms with van der Waals surface area (Å²) in [5, 5.41) is -0.146. The molecule has 3 aromatic rings. The molecule has 3 aliphatic rings. The van der Waals surface area contributed by atoms with E-state index in [9.17, 15) is 24.0 Å². The van der Waals surface area contributed by atoms with Crippen molar-refractivity contribution in [1.29, 1.82) is 0 Å². The smallest absolute Gasteiger partial charge is 0.338 e. The number of ether oxygens (including phenoxy) is 2. The molecular weight excluding hydrogens is 578 g/mol. The zero-order valence-electron chi connectivity index (χ0n) is 22.9. The molecule has 0 saturated carbocycles. The van der Waals surface area contributed by atoms with Crippen molar-refractivity contribution in [2.24, 2.45) is 5.92 Å². The van der Waals surface area contributed by atoms with Crippen LogP contribution in [0, 0.1) is 5.92 Å². The topological polar surface area (TPSA) is 126 Å². The van der Waals surface area contributed by atoms with Crippen LogP contribution in [-0.2, 0) is 19.1 Å². The van der Waals surface area contributed by atoms with Crippen LogP contribution in [0.5, 0.6) is 5.75 Å². The number of anilines is 1. The Morgan fingerprint density at radius 2 is 1.67 bits per heavy atom. The van der Waals surface area contributed by atoms with Crippen LogP contribution in [0.25, 0.3) is 0 Å². The van der Waals surface area contributed by atoms with Crippen LogP contribution in [0.2, 0.25) is 0 Å². The summed E-state index contributed by atoms with van der Waals surface area (Å²) in [7, 11) is 0. The predicted octanol–water partition coefficient (Wildman–Crippen LogP) is 3.80. The van der Waals surface area contributed by atoms with Gasteiger partial charge >= 0.3 is 10.8 Å². The zero-order valence-corrected chi connectivity index (χ0v) is 24.5. The number of likely N-dealkylation sites (tertiary alicyclic amines) is 1. The first-order chi connectivity index (χ1) is 20.4. The Hall–Kier alpha value is -3.90. The number of nitrogens with zero attached hydrogens (tertiary/aromatic N) is 2. The molecule has 2 fully saturated rings. The third kappa shape index (κ3) is 5.24. The second kappa shape index (κ2) is 11.8. The number of amides is 3. The van der Waals surface area contributed by atoms with Gasteiger partial charge in [0.1, 0.15) is 11.0 Å². The minimum atomic E-state index is -0.737. The third-order valence-corrected chi connectivity index (χ3v) is 10.2. The minimum absolute atomic E-state index is 0.0434. The van der Waals surface area contributed by atoms with E-state index in [1.807, 2.05) is 17.0 Å². The Bertz CT molecular complexity index is 1580. The van der Waals surface area contributed by atoms with E-state index in [0.29, 0.717) is 26.9 Å². The second-order valence-electron chi connectivity index (χ2n) is 10.3. The highest BCUT2D eigenvalue weighted by molar-refractivity contribution is 8.00. The van der Waals surface area contributed by atoms with Gasteiger partial charge in [-0.3, -0.25) is 19.2 Å². The average molecular weight is 608 g/mol. The van der Waals surface area contributed by atoms with Crippen LogP contribution in [0.4, 0.5) is 5.69 Å². The number of thioether (sulfide) groups is 1. The van der Waals surface area contributed by atoms with Gasteiger partial charge in [0, 0.05) is 23.9 Å².